The molecule has 0 saturated carbocycles. The summed E-state index contributed by atoms with van der Waals surface area (Å²) in [6.45, 7) is 1.27. The lowest BCUT2D eigenvalue weighted by molar-refractivity contribution is -0.368. The topological polar surface area (TPSA) is 99.4 Å². The Morgan fingerprint density at radius 1 is 1.07 bits per heavy atom. The minimum Gasteiger partial charge on any atom is -0.394 e. The van der Waals surface area contributed by atoms with Crippen molar-refractivity contribution in [3.05, 3.63) is 69.8 Å². The van der Waals surface area contributed by atoms with Gasteiger partial charge in [0, 0.05) is 12.0 Å². The molecule has 2 aromatic rings. The highest BCUT2D eigenvalue weighted by Gasteiger charge is 2.58. The molecule has 1 saturated heterocycles. The Hall–Kier alpha value is -1.87. The molecule has 0 aliphatic carbocycles. The van der Waals surface area contributed by atoms with Gasteiger partial charge in [-0.1, -0.05) is 30.3 Å². The number of aryl methyl sites for hydroxylation is 2. The van der Waals surface area contributed by atoms with Crippen molar-refractivity contribution in [3.8, 4) is 0 Å². The predicted molar refractivity (Wildman–Crippen MR) is 107 cm³/mol. The summed E-state index contributed by atoms with van der Waals surface area (Å²) in [5.74, 6) is -1.64. The van der Waals surface area contributed by atoms with E-state index in [4.69, 9.17) is 9.47 Å². The van der Waals surface area contributed by atoms with Crippen LogP contribution in [0.2, 0.25) is 0 Å². The molecule has 162 valence electrons. The summed E-state index contributed by atoms with van der Waals surface area (Å²) < 4.78 is 24.2. The van der Waals surface area contributed by atoms with E-state index in [1.165, 1.54) is 0 Å². The van der Waals surface area contributed by atoms with E-state index in [1.807, 2.05) is 43.3 Å². The summed E-state index contributed by atoms with van der Waals surface area (Å²) in [5, 5.41) is 40.7. The summed E-state index contributed by atoms with van der Waals surface area (Å²) in [7, 11) is 0. The second-order valence-corrected chi connectivity index (χ2v) is 8.09. The summed E-state index contributed by atoms with van der Waals surface area (Å²) in [5.41, 5.74) is 5.46. The third-order valence-corrected chi connectivity index (χ3v) is 6.13. The quantitative estimate of drug-likeness (QED) is 0.584. The SMILES string of the molecule is Cc1cc2c(cc1Cc1ccc(CCF)cc1)[C@]1(OC2)O[C@H](CO)[C@@H](O)[C@H](O)[C@H]1O. The van der Waals surface area contributed by atoms with Crippen LogP contribution < -0.4 is 0 Å². The number of benzene rings is 2. The zero-order chi connectivity index (χ0) is 21.5. The zero-order valence-electron chi connectivity index (χ0n) is 16.8. The fraction of sp³-hybridized carbons (Fsp3) is 0.478. The van der Waals surface area contributed by atoms with Gasteiger partial charge in [-0.3, -0.25) is 4.39 Å². The molecule has 5 atom stereocenters. The number of aliphatic hydroxyl groups is 4. The van der Waals surface area contributed by atoms with Crippen molar-refractivity contribution in [2.45, 2.75) is 56.6 Å². The van der Waals surface area contributed by atoms with Crippen LogP contribution in [0.3, 0.4) is 0 Å². The normalized spacial score (nSPS) is 30.6. The summed E-state index contributed by atoms with van der Waals surface area (Å²) in [4.78, 5) is 0. The zero-order valence-corrected chi connectivity index (χ0v) is 16.8. The molecule has 7 heteroatoms. The summed E-state index contributed by atoms with van der Waals surface area (Å²) in [6.07, 6.45) is -4.51. The first kappa shape index (κ1) is 21.4. The molecular formula is C23H27FO6. The van der Waals surface area contributed by atoms with Crippen LogP contribution in [0.15, 0.2) is 36.4 Å². The molecule has 2 aliphatic heterocycles. The summed E-state index contributed by atoms with van der Waals surface area (Å²) in [6, 6.07) is 11.6. The Morgan fingerprint density at radius 2 is 1.77 bits per heavy atom. The molecular weight excluding hydrogens is 391 g/mol. The van der Waals surface area contributed by atoms with E-state index in [0.29, 0.717) is 18.4 Å². The van der Waals surface area contributed by atoms with Crippen molar-refractivity contribution in [1.29, 1.82) is 0 Å². The maximum Gasteiger partial charge on any atom is 0.225 e. The van der Waals surface area contributed by atoms with E-state index in [2.05, 4.69) is 0 Å². The van der Waals surface area contributed by atoms with Crippen molar-refractivity contribution in [1.82, 2.24) is 0 Å². The van der Waals surface area contributed by atoms with Gasteiger partial charge in [0.25, 0.3) is 0 Å². The van der Waals surface area contributed by atoms with Gasteiger partial charge in [0.1, 0.15) is 24.4 Å². The van der Waals surface area contributed by atoms with Crippen molar-refractivity contribution in [3.63, 3.8) is 0 Å². The fourth-order valence-electron chi connectivity index (χ4n) is 4.35. The van der Waals surface area contributed by atoms with Gasteiger partial charge in [0.15, 0.2) is 0 Å². The van der Waals surface area contributed by atoms with E-state index >= 15 is 0 Å². The number of hydrogen-bond donors (Lipinski definition) is 4. The summed E-state index contributed by atoms with van der Waals surface area (Å²) >= 11 is 0. The first-order valence-corrected chi connectivity index (χ1v) is 10.1. The number of aliphatic hydroxyl groups excluding tert-OH is 4. The van der Waals surface area contributed by atoms with E-state index in [0.717, 1.165) is 27.8 Å². The third kappa shape index (κ3) is 3.56. The van der Waals surface area contributed by atoms with Crippen LogP contribution in [0.4, 0.5) is 4.39 Å². The molecule has 1 fully saturated rings. The Kier molecular flexibility index (Phi) is 5.94. The van der Waals surface area contributed by atoms with Crippen LogP contribution in [0.25, 0.3) is 0 Å². The van der Waals surface area contributed by atoms with E-state index < -0.39 is 36.8 Å². The minimum atomic E-state index is -1.64. The molecule has 0 amide bonds. The van der Waals surface area contributed by atoms with Crippen LogP contribution in [-0.4, -0.2) is 58.1 Å². The third-order valence-electron chi connectivity index (χ3n) is 6.13. The first-order chi connectivity index (χ1) is 14.4. The van der Waals surface area contributed by atoms with Gasteiger partial charge in [-0.25, -0.2) is 0 Å². The standard InChI is InChI=1S/C23H27FO6/c1-13-8-17-12-29-23(22(28)21(27)20(26)19(11-25)30-23)18(17)10-16(13)9-15-4-2-14(3-5-15)6-7-24/h2-5,8,10,19-22,25-28H,6-7,9,11-12H2,1H3/t19-,20-,21+,22-,23+/m1/s1. The molecule has 0 aromatic heterocycles. The molecule has 4 rings (SSSR count). The molecule has 4 N–H and O–H groups in total. The number of rotatable bonds is 5. The highest BCUT2D eigenvalue weighted by molar-refractivity contribution is 5.45. The van der Waals surface area contributed by atoms with Crippen molar-refractivity contribution < 1.29 is 34.3 Å². The fourth-order valence-corrected chi connectivity index (χ4v) is 4.35. The molecule has 1 spiro atoms. The second kappa shape index (κ2) is 8.34. The number of hydrogen-bond acceptors (Lipinski definition) is 6. The largest absolute Gasteiger partial charge is 0.394 e. The smallest absolute Gasteiger partial charge is 0.225 e. The average Bonchev–Trinajstić information content (AvgIpc) is 3.09. The monoisotopic (exact) mass is 418 g/mol. The van der Waals surface area contributed by atoms with Gasteiger partial charge in [-0.2, -0.15) is 0 Å². The molecule has 2 aromatic carbocycles. The van der Waals surface area contributed by atoms with Gasteiger partial charge >= 0.3 is 0 Å². The maximum atomic E-state index is 12.5. The van der Waals surface area contributed by atoms with Crippen molar-refractivity contribution >= 4 is 0 Å². The van der Waals surface area contributed by atoms with E-state index in [-0.39, 0.29) is 13.3 Å². The van der Waals surface area contributed by atoms with E-state index in [1.54, 1.807) is 0 Å². The molecule has 0 bridgehead atoms. The van der Waals surface area contributed by atoms with Gasteiger partial charge in [-0.15, -0.1) is 0 Å². The highest BCUT2D eigenvalue weighted by Crippen LogP contribution is 2.46. The number of halogens is 1. The minimum absolute atomic E-state index is 0.187. The lowest BCUT2D eigenvalue weighted by Gasteiger charge is -2.46. The predicted octanol–water partition coefficient (Wildman–Crippen LogP) is 1.25. The highest BCUT2D eigenvalue weighted by atomic mass is 19.1. The van der Waals surface area contributed by atoms with Gasteiger partial charge < -0.3 is 29.9 Å². The second-order valence-electron chi connectivity index (χ2n) is 8.09. The Labute approximate surface area is 174 Å². The van der Waals surface area contributed by atoms with Gasteiger partial charge in [0.2, 0.25) is 5.79 Å². The molecule has 30 heavy (non-hydrogen) atoms. The van der Waals surface area contributed by atoms with Crippen LogP contribution in [-0.2, 0) is 34.7 Å². The molecule has 2 heterocycles. The molecule has 6 nitrogen and oxygen atoms in total. The molecule has 2 aliphatic rings. The number of fused-ring (bicyclic) bond motifs is 2. The lowest BCUT2D eigenvalue weighted by atomic mass is 9.85. The number of alkyl halides is 1. The van der Waals surface area contributed by atoms with Crippen LogP contribution in [0.5, 0.6) is 0 Å². The lowest BCUT2D eigenvalue weighted by Crippen LogP contribution is -2.63. The van der Waals surface area contributed by atoms with Crippen LogP contribution in [0.1, 0.15) is 33.4 Å². The van der Waals surface area contributed by atoms with E-state index in [9.17, 15) is 24.8 Å². The number of ether oxygens (including phenoxy) is 2. The van der Waals surface area contributed by atoms with Crippen LogP contribution in [0, 0.1) is 6.92 Å². The van der Waals surface area contributed by atoms with Crippen molar-refractivity contribution in [2.24, 2.45) is 0 Å². The maximum absolute atomic E-state index is 12.5. The van der Waals surface area contributed by atoms with Crippen LogP contribution >= 0.6 is 0 Å². The average molecular weight is 418 g/mol. The first-order valence-electron chi connectivity index (χ1n) is 10.1. The van der Waals surface area contributed by atoms with Gasteiger partial charge in [0.05, 0.1) is 19.9 Å². The Balaban J connectivity index is 1.67. The van der Waals surface area contributed by atoms with Gasteiger partial charge in [-0.05, 0) is 47.2 Å². The van der Waals surface area contributed by atoms with Crippen molar-refractivity contribution in [2.75, 3.05) is 13.3 Å². The molecule has 0 unspecified atom stereocenters. The Morgan fingerprint density at radius 3 is 2.43 bits per heavy atom. The Bertz CT molecular complexity index is 899. The molecule has 0 radical (unpaired) electrons.